The molecule has 0 unspecified atom stereocenters. The molecule has 5 heteroatoms. The number of hydrogen-bond donors (Lipinski definition) is 2. The number of para-hydroxylation sites is 1. The Kier molecular flexibility index (Phi) is 3.14. The van der Waals surface area contributed by atoms with E-state index >= 15 is 0 Å². The molecule has 3 rings (SSSR count). The zero-order valence-corrected chi connectivity index (χ0v) is 10.5. The molecule has 0 aliphatic heterocycles. The molecule has 98 valence electrons. The van der Waals surface area contributed by atoms with E-state index in [-0.39, 0.29) is 5.43 Å². The first kappa shape index (κ1) is 12.7. The Bertz CT molecular complexity index is 823. The van der Waals surface area contributed by atoms with Gasteiger partial charge in [0, 0.05) is 11.6 Å². The van der Waals surface area contributed by atoms with Gasteiger partial charge >= 0.3 is 7.12 Å². The number of benzene rings is 2. The molecule has 0 amide bonds. The summed E-state index contributed by atoms with van der Waals surface area (Å²) in [5, 5.41) is 18.9. The van der Waals surface area contributed by atoms with E-state index in [0.29, 0.717) is 27.8 Å². The van der Waals surface area contributed by atoms with Gasteiger partial charge in [-0.2, -0.15) is 0 Å². The van der Waals surface area contributed by atoms with E-state index in [0.717, 1.165) is 0 Å². The fourth-order valence-electron chi connectivity index (χ4n) is 2.10. The van der Waals surface area contributed by atoms with Gasteiger partial charge in [0.1, 0.15) is 11.3 Å². The number of hydrogen-bond acceptors (Lipinski definition) is 4. The van der Waals surface area contributed by atoms with Gasteiger partial charge in [0.2, 0.25) is 0 Å². The highest BCUT2D eigenvalue weighted by molar-refractivity contribution is 6.58. The van der Waals surface area contributed by atoms with E-state index in [2.05, 4.69) is 0 Å². The summed E-state index contributed by atoms with van der Waals surface area (Å²) in [6.07, 6.45) is 0. The second kappa shape index (κ2) is 4.96. The second-order valence-electron chi connectivity index (χ2n) is 4.47. The zero-order chi connectivity index (χ0) is 14.1. The topological polar surface area (TPSA) is 70.7 Å². The first-order valence-corrected chi connectivity index (χ1v) is 6.14. The van der Waals surface area contributed by atoms with Gasteiger partial charge in [0.15, 0.2) is 5.43 Å². The van der Waals surface area contributed by atoms with E-state index in [9.17, 15) is 14.8 Å². The van der Waals surface area contributed by atoms with Crippen LogP contribution in [0.3, 0.4) is 0 Å². The minimum atomic E-state index is -1.55. The molecule has 3 aromatic rings. The summed E-state index contributed by atoms with van der Waals surface area (Å²) in [6, 6.07) is 15.0. The number of rotatable bonds is 2. The van der Waals surface area contributed by atoms with Gasteiger partial charge in [-0.05, 0) is 17.6 Å². The molecule has 0 atom stereocenters. The lowest BCUT2D eigenvalue weighted by Gasteiger charge is -2.05. The molecule has 2 N–H and O–H groups in total. The monoisotopic (exact) mass is 266 g/mol. The van der Waals surface area contributed by atoms with E-state index < -0.39 is 7.12 Å². The highest BCUT2D eigenvalue weighted by Gasteiger charge is 2.13. The van der Waals surface area contributed by atoms with Gasteiger partial charge in [0.25, 0.3) is 0 Å². The van der Waals surface area contributed by atoms with Crippen LogP contribution in [-0.4, -0.2) is 17.2 Å². The largest absolute Gasteiger partial charge is 0.488 e. The number of fused-ring (bicyclic) bond motifs is 1. The fourth-order valence-corrected chi connectivity index (χ4v) is 2.10. The lowest BCUT2D eigenvalue weighted by Crippen LogP contribution is -2.29. The molecule has 0 radical (unpaired) electrons. The van der Waals surface area contributed by atoms with Gasteiger partial charge in [-0.3, -0.25) is 4.79 Å². The van der Waals surface area contributed by atoms with E-state index in [1.165, 1.54) is 6.07 Å². The average Bonchev–Trinajstić information content (AvgIpc) is 2.47. The summed E-state index contributed by atoms with van der Waals surface area (Å²) < 4.78 is 5.70. The first-order valence-electron chi connectivity index (χ1n) is 6.14. The molecule has 0 aliphatic rings. The third-order valence-corrected chi connectivity index (χ3v) is 3.10. The van der Waals surface area contributed by atoms with E-state index in [4.69, 9.17) is 4.42 Å². The molecule has 1 heterocycles. The summed E-state index contributed by atoms with van der Waals surface area (Å²) in [5.74, 6) is 0.399. The minimum Gasteiger partial charge on any atom is -0.456 e. The highest BCUT2D eigenvalue weighted by atomic mass is 16.4. The van der Waals surface area contributed by atoms with Crippen LogP contribution in [0.15, 0.2) is 63.8 Å². The van der Waals surface area contributed by atoms with Crippen LogP contribution in [0.5, 0.6) is 0 Å². The molecule has 20 heavy (non-hydrogen) atoms. The van der Waals surface area contributed by atoms with Crippen LogP contribution < -0.4 is 10.9 Å². The predicted octanol–water partition coefficient (Wildman–Crippen LogP) is 1.14. The van der Waals surface area contributed by atoms with Crippen LogP contribution in [0.1, 0.15) is 0 Å². The lowest BCUT2D eigenvalue weighted by atomic mass is 9.79. The van der Waals surface area contributed by atoms with Crippen molar-refractivity contribution in [1.82, 2.24) is 0 Å². The Morgan fingerprint density at radius 1 is 0.950 bits per heavy atom. The summed E-state index contributed by atoms with van der Waals surface area (Å²) >= 11 is 0. The van der Waals surface area contributed by atoms with Gasteiger partial charge in [-0.25, -0.2) is 0 Å². The molecule has 2 aromatic carbocycles. The van der Waals surface area contributed by atoms with Gasteiger partial charge < -0.3 is 14.5 Å². The Labute approximate surface area is 115 Å². The van der Waals surface area contributed by atoms with Crippen LogP contribution in [-0.2, 0) is 0 Å². The smallest absolute Gasteiger partial charge is 0.456 e. The Morgan fingerprint density at radius 3 is 2.55 bits per heavy atom. The van der Waals surface area contributed by atoms with Crippen LogP contribution >= 0.6 is 0 Å². The van der Waals surface area contributed by atoms with Crippen molar-refractivity contribution in [2.24, 2.45) is 0 Å². The fraction of sp³-hybridized carbons (Fsp3) is 0. The Hall–Kier alpha value is -2.37. The van der Waals surface area contributed by atoms with Crippen LogP contribution in [0.25, 0.3) is 22.3 Å². The van der Waals surface area contributed by atoms with Crippen LogP contribution in [0, 0.1) is 0 Å². The summed E-state index contributed by atoms with van der Waals surface area (Å²) in [4.78, 5) is 12.0. The molecule has 0 spiro atoms. The normalized spacial score (nSPS) is 10.7. The molecule has 0 fully saturated rings. The van der Waals surface area contributed by atoms with Crippen molar-refractivity contribution in [2.45, 2.75) is 0 Å². The van der Waals surface area contributed by atoms with Crippen LogP contribution in [0.2, 0.25) is 0 Å². The molecule has 1 aromatic heterocycles. The summed E-state index contributed by atoms with van der Waals surface area (Å²) in [5.41, 5.74) is 1.35. The molecule has 0 bridgehead atoms. The SMILES string of the molecule is O=c1cc(-c2cccc(B(O)O)c2)oc2ccccc12. The van der Waals surface area contributed by atoms with Crippen molar-refractivity contribution in [3.8, 4) is 11.3 Å². The van der Waals surface area contributed by atoms with Gasteiger partial charge in [-0.15, -0.1) is 0 Å². The third-order valence-electron chi connectivity index (χ3n) is 3.10. The van der Waals surface area contributed by atoms with Crippen molar-refractivity contribution in [3.63, 3.8) is 0 Å². The zero-order valence-electron chi connectivity index (χ0n) is 10.5. The molecular formula is C15H11BO4. The average molecular weight is 266 g/mol. The highest BCUT2D eigenvalue weighted by Crippen LogP contribution is 2.21. The Morgan fingerprint density at radius 2 is 1.75 bits per heavy atom. The van der Waals surface area contributed by atoms with Gasteiger partial charge in [0.05, 0.1) is 5.39 Å². The lowest BCUT2D eigenvalue weighted by molar-refractivity contribution is 0.426. The maximum atomic E-state index is 12.0. The maximum Gasteiger partial charge on any atom is 0.488 e. The quantitative estimate of drug-likeness (QED) is 0.682. The molecule has 0 saturated carbocycles. The first-order chi connectivity index (χ1) is 9.65. The summed E-state index contributed by atoms with van der Waals surface area (Å²) in [7, 11) is -1.55. The van der Waals surface area contributed by atoms with E-state index in [1.54, 1.807) is 48.5 Å². The van der Waals surface area contributed by atoms with Gasteiger partial charge in [-0.1, -0.05) is 36.4 Å². The molecule has 4 nitrogen and oxygen atoms in total. The predicted molar refractivity (Wildman–Crippen MR) is 77.7 cm³/mol. The molecule has 0 saturated heterocycles. The standard InChI is InChI=1S/C15H11BO4/c17-13-9-15(20-14-7-2-1-6-12(13)14)10-4-3-5-11(8-10)16(18)19/h1-9,18-19H. The van der Waals surface area contributed by atoms with Crippen molar-refractivity contribution in [1.29, 1.82) is 0 Å². The van der Waals surface area contributed by atoms with Crippen molar-refractivity contribution in [2.75, 3.05) is 0 Å². The van der Waals surface area contributed by atoms with Crippen LogP contribution in [0.4, 0.5) is 0 Å². The maximum absolute atomic E-state index is 12.0. The minimum absolute atomic E-state index is 0.128. The summed E-state index contributed by atoms with van der Waals surface area (Å²) in [6.45, 7) is 0. The van der Waals surface area contributed by atoms with E-state index in [1.807, 2.05) is 0 Å². The second-order valence-corrected chi connectivity index (χ2v) is 4.47. The Balaban J connectivity index is 2.20. The molecule has 0 aliphatic carbocycles. The molecular weight excluding hydrogens is 255 g/mol. The van der Waals surface area contributed by atoms with Crippen molar-refractivity contribution < 1.29 is 14.5 Å². The third kappa shape index (κ3) is 2.24. The van der Waals surface area contributed by atoms with Crippen molar-refractivity contribution in [3.05, 3.63) is 64.8 Å². The van der Waals surface area contributed by atoms with Crippen molar-refractivity contribution >= 4 is 23.6 Å².